The molecule has 100 valence electrons. The van der Waals surface area contributed by atoms with E-state index >= 15 is 0 Å². The molecule has 0 unspecified atom stereocenters. The minimum Gasteiger partial charge on any atom is -0.326 e. The molecule has 2 aromatic rings. The maximum Gasteiger partial charge on any atom is 0.137 e. The quantitative estimate of drug-likeness (QED) is 0.917. The summed E-state index contributed by atoms with van der Waals surface area (Å²) in [6.45, 7) is 5.06. The number of anilines is 2. The maximum absolute atomic E-state index is 13.4. The van der Waals surface area contributed by atoms with E-state index in [1.807, 2.05) is 36.9 Å². The zero-order valence-corrected chi connectivity index (χ0v) is 11.2. The lowest BCUT2D eigenvalue weighted by atomic mass is 10.2. The lowest BCUT2D eigenvalue weighted by Gasteiger charge is -2.24. The van der Waals surface area contributed by atoms with Crippen molar-refractivity contribution in [3.05, 3.63) is 53.5 Å². The summed E-state index contributed by atoms with van der Waals surface area (Å²) in [5, 5.41) is 0. The number of pyridine rings is 1. The van der Waals surface area contributed by atoms with Crippen LogP contribution < -0.4 is 10.6 Å². The van der Waals surface area contributed by atoms with Crippen molar-refractivity contribution in [1.29, 1.82) is 0 Å². The molecule has 1 aromatic carbocycles. The van der Waals surface area contributed by atoms with Crippen LogP contribution in [0.25, 0.3) is 0 Å². The first-order valence-electron chi connectivity index (χ1n) is 6.35. The van der Waals surface area contributed by atoms with E-state index in [-0.39, 0.29) is 5.82 Å². The molecular formula is C15H18FN3. The molecule has 0 bridgehead atoms. The summed E-state index contributed by atoms with van der Waals surface area (Å²) < 4.78 is 13.4. The number of aromatic nitrogens is 1. The Labute approximate surface area is 112 Å². The second-order valence-electron chi connectivity index (χ2n) is 4.36. The average molecular weight is 259 g/mol. The highest BCUT2D eigenvalue weighted by Gasteiger charge is 2.13. The zero-order chi connectivity index (χ0) is 13.8. The van der Waals surface area contributed by atoms with Crippen LogP contribution in [0.15, 0.2) is 36.4 Å². The van der Waals surface area contributed by atoms with Gasteiger partial charge in [0, 0.05) is 30.0 Å². The van der Waals surface area contributed by atoms with Crippen LogP contribution in [0.5, 0.6) is 0 Å². The summed E-state index contributed by atoms with van der Waals surface area (Å²) in [7, 11) is 0. The highest BCUT2D eigenvalue weighted by molar-refractivity contribution is 5.63. The fourth-order valence-electron chi connectivity index (χ4n) is 2.06. The first kappa shape index (κ1) is 13.5. The molecule has 0 aliphatic carbocycles. The first-order valence-corrected chi connectivity index (χ1v) is 6.35. The summed E-state index contributed by atoms with van der Waals surface area (Å²) in [5.74, 6) is 0.550. The Hall–Kier alpha value is -1.94. The Morgan fingerprint density at radius 1 is 1.26 bits per heavy atom. The molecule has 1 aromatic heterocycles. The van der Waals surface area contributed by atoms with E-state index in [4.69, 9.17) is 5.73 Å². The number of nitrogens with two attached hydrogens (primary N) is 1. The van der Waals surface area contributed by atoms with Gasteiger partial charge in [-0.05, 0) is 38.1 Å². The number of rotatable bonds is 4. The summed E-state index contributed by atoms with van der Waals surface area (Å²) in [6, 6.07) is 10.4. The molecule has 0 spiro atoms. The Balaban J connectivity index is 2.50. The third kappa shape index (κ3) is 2.90. The second kappa shape index (κ2) is 5.80. The predicted molar refractivity (Wildman–Crippen MR) is 75.9 cm³/mol. The summed E-state index contributed by atoms with van der Waals surface area (Å²) in [6.07, 6.45) is 0. The minimum atomic E-state index is -0.252. The van der Waals surface area contributed by atoms with E-state index < -0.39 is 0 Å². The summed E-state index contributed by atoms with van der Waals surface area (Å²) in [5.41, 5.74) is 8.42. The molecule has 0 radical (unpaired) electrons. The van der Waals surface area contributed by atoms with Gasteiger partial charge in [-0.3, -0.25) is 0 Å². The van der Waals surface area contributed by atoms with Crippen LogP contribution in [0.3, 0.4) is 0 Å². The number of halogens is 1. The van der Waals surface area contributed by atoms with Crippen molar-refractivity contribution >= 4 is 11.5 Å². The number of benzene rings is 1. The molecule has 2 rings (SSSR count). The second-order valence-corrected chi connectivity index (χ2v) is 4.36. The van der Waals surface area contributed by atoms with Gasteiger partial charge in [-0.15, -0.1) is 0 Å². The maximum atomic E-state index is 13.4. The van der Waals surface area contributed by atoms with Crippen LogP contribution in [0, 0.1) is 12.7 Å². The SMILES string of the molecule is CCN(c1cccc(F)c1)c1nc(C)ccc1CN. The van der Waals surface area contributed by atoms with Crippen molar-refractivity contribution in [3.8, 4) is 0 Å². The Kier molecular flexibility index (Phi) is 4.12. The molecule has 3 nitrogen and oxygen atoms in total. The molecule has 0 saturated carbocycles. The molecule has 4 heteroatoms. The molecule has 0 saturated heterocycles. The highest BCUT2D eigenvalue weighted by Crippen LogP contribution is 2.27. The lowest BCUT2D eigenvalue weighted by Crippen LogP contribution is -2.20. The molecule has 0 aliphatic rings. The van der Waals surface area contributed by atoms with Gasteiger partial charge in [-0.2, -0.15) is 0 Å². The molecule has 1 heterocycles. The van der Waals surface area contributed by atoms with Gasteiger partial charge in [0.05, 0.1) is 0 Å². The smallest absolute Gasteiger partial charge is 0.137 e. The van der Waals surface area contributed by atoms with Gasteiger partial charge >= 0.3 is 0 Å². The van der Waals surface area contributed by atoms with E-state index in [1.165, 1.54) is 12.1 Å². The standard InChI is InChI=1S/C15H18FN3/c1-3-19(14-6-4-5-13(16)9-14)15-12(10-17)8-7-11(2)18-15/h4-9H,3,10,17H2,1-2H3. The van der Waals surface area contributed by atoms with Crippen molar-refractivity contribution in [1.82, 2.24) is 4.98 Å². The van der Waals surface area contributed by atoms with Crippen molar-refractivity contribution in [2.24, 2.45) is 5.73 Å². The Morgan fingerprint density at radius 3 is 2.68 bits per heavy atom. The molecule has 0 atom stereocenters. The van der Waals surface area contributed by atoms with E-state index in [0.717, 1.165) is 22.8 Å². The number of nitrogens with zero attached hydrogens (tertiary/aromatic N) is 2. The van der Waals surface area contributed by atoms with Crippen LogP contribution in [0.1, 0.15) is 18.2 Å². The average Bonchev–Trinajstić information content (AvgIpc) is 2.40. The fraction of sp³-hybridized carbons (Fsp3) is 0.267. The van der Waals surface area contributed by atoms with Crippen molar-refractivity contribution in [3.63, 3.8) is 0 Å². The topological polar surface area (TPSA) is 42.2 Å². The zero-order valence-electron chi connectivity index (χ0n) is 11.2. The molecule has 0 fully saturated rings. The van der Waals surface area contributed by atoms with E-state index in [9.17, 15) is 4.39 Å². The van der Waals surface area contributed by atoms with Crippen molar-refractivity contribution in [2.45, 2.75) is 20.4 Å². The van der Waals surface area contributed by atoms with Crippen molar-refractivity contribution in [2.75, 3.05) is 11.4 Å². The Bertz CT molecular complexity index is 569. The largest absolute Gasteiger partial charge is 0.326 e. The first-order chi connectivity index (χ1) is 9.15. The van der Waals surface area contributed by atoms with Gasteiger partial charge in [0.25, 0.3) is 0 Å². The third-order valence-electron chi connectivity index (χ3n) is 3.01. The predicted octanol–water partition coefficient (Wildman–Crippen LogP) is 3.15. The summed E-state index contributed by atoms with van der Waals surface area (Å²) in [4.78, 5) is 6.52. The van der Waals surface area contributed by atoms with Crippen LogP contribution in [-0.2, 0) is 6.54 Å². The van der Waals surface area contributed by atoms with Gasteiger partial charge in [0.2, 0.25) is 0 Å². The van der Waals surface area contributed by atoms with Gasteiger partial charge in [-0.25, -0.2) is 9.37 Å². The number of hydrogen-bond donors (Lipinski definition) is 1. The van der Waals surface area contributed by atoms with Gasteiger partial charge in [0.15, 0.2) is 0 Å². The highest BCUT2D eigenvalue weighted by atomic mass is 19.1. The normalized spacial score (nSPS) is 10.5. The van der Waals surface area contributed by atoms with Gasteiger partial charge < -0.3 is 10.6 Å². The lowest BCUT2D eigenvalue weighted by molar-refractivity contribution is 0.627. The molecule has 0 amide bonds. The third-order valence-corrected chi connectivity index (χ3v) is 3.01. The molecule has 0 aliphatic heterocycles. The van der Waals surface area contributed by atoms with Crippen LogP contribution in [0.4, 0.5) is 15.9 Å². The van der Waals surface area contributed by atoms with Crippen LogP contribution in [-0.4, -0.2) is 11.5 Å². The van der Waals surface area contributed by atoms with E-state index in [0.29, 0.717) is 13.1 Å². The number of aryl methyl sites for hydroxylation is 1. The van der Waals surface area contributed by atoms with Gasteiger partial charge in [-0.1, -0.05) is 12.1 Å². The Morgan fingerprint density at radius 2 is 2.05 bits per heavy atom. The van der Waals surface area contributed by atoms with E-state index in [2.05, 4.69) is 4.98 Å². The van der Waals surface area contributed by atoms with E-state index in [1.54, 1.807) is 6.07 Å². The van der Waals surface area contributed by atoms with Crippen LogP contribution in [0.2, 0.25) is 0 Å². The molecule has 2 N–H and O–H groups in total. The summed E-state index contributed by atoms with van der Waals surface area (Å²) >= 11 is 0. The van der Waals surface area contributed by atoms with Gasteiger partial charge in [0.1, 0.15) is 11.6 Å². The van der Waals surface area contributed by atoms with Crippen LogP contribution >= 0.6 is 0 Å². The van der Waals surface area contributed by atoms with Crippen molar-refractivity contribution < 1.29 is 4.39 Å². The molecular weight excluding hydrogens is 241 g/mol. The fourth-order valence-corrected chi connectivity index (χ4v) is 2.06. The molecule has 19 heavy (non-hydrogen) atoms. The monoisotopic (exact) mass is 259 g/mol. The number of hydrogen-bond acceptors (Lipinski definition) is 3. The minimum absolute atomic E-state index is 0.252.